The van der Waals surface area contributed by atoms with Crippen LogP contribution in [0.15, 0.2) is 35.0 Å². The first-order valence-corrected chi connectivity index (χ1v) is 10.0. The number of hydrogen-bond donors (Lipinski definition) is 0. The highest BCUT2D eigenvalue weighted by atomic mass is 35.5. The highest BCUT2D eigenvalue weighted by Gasteiger charge is 2.40. The standard InChI is InChI=1S/C20H25ClN2S/c1-20(2)13-23(8-7-22(20)3)19-11-17(14-6-9-24-12-14)16-5-4-15(21)10-18(16)19/h4-6,9-10,12,17,19H,7-8,11,13H2,1-3H3/t17-,19+/m0/s1. The van der Waals surface area contributed by atoms with Crippen molar-refractivity contribution in [3.8, 4) is 0 Å². The second-order valence-electron chi connectivity index (χ2n) is 7.84. The molecule has 2 aliphatic rings. The van der Waals surface area contributed by atoms with Gasteiger partial charge in [-0.3, -0.25) is 9.80 Å². The quantitative estimate of drug-likeness (QED) is 0.743. The van der Waals surface area contributed by atoms with Gasteiger partial charge >= 0.3 is 0 Å². The molecule has 2 nitrogen and oxygen atoms in total. The summed E-state index contributed by atoms with van der Waals surface area (Å²) < 4.78 is 0. The zero-order valence-corrected chi connectivity index (χ0v) is 16.2. The Morgan fingerprint density at radius 1 is 1.17 bits per heavy atom. The minimum Gasteiger partial charge on any atom is -0.299 e. The van der Waals surface area contributed by atoms with Gasteiger partial charge in [0, 0.05) is 42.2 Å². The van der Waals surface area contributed by atoms with Crippen LogP contribution >= 0.6 is 22.9 Å². The summed E-state index contributed by atoms with van der Waals surface area (Å²) in [6, 6.07) is 9.28. The number of nitrogens with zero attached hydrogens (tertiary/aromatic N) is 2. The second kappa shape index (κ2) is 6.14. The van der Waals surface area contributed by atoms with Gasteiger partial charge in [0.05, 0.1) is 0 Å². The number of likely N-dealkylation sites (N-methyl/N-ethyl adjacent to an activating group) is 1. The minimum atomic E-state index is 0.220. The first-order chi connectivity index (χ1) is 11.5. The van der Waals surface area contributed by atoms with Crippen LogP contribution in [-0.4, -0.2) is 42.0 Å². The average Bonchev–Trinajstić information content (AvgIpc) is 3.16. The molecule has 24 heavy (non-hydrogen) atoms. The number of halogens is 1. The van der Waals surface area contributed by atoms with Crippen molar-refractivity contribution in [1.29, 1.82) is 0 Å². The lowest BCUT2D eigenvalue weighted by atomic mass is 9.95. The fraction of sp³-hybridized carbons (Fsp3) is 0.500. The molecule has 1 fully saturated rings. The van der Waals surface area contributed by atoms with Crippen LogP contribution in [0.3, 0.4) is 0 Å². The van der Waals surface area contributed by atoms with Crippen molar-refractivity contribution in [2.24, 2.45) is 0 Å². The predicted octanol–water partition coefficient (Wildman–Crippen LogP) is 5.00. The zero-order chi connectivity index (χ0) is 16.9. The van der Waals surface area contributed by atoms with E-state index in [9.17, 15) is 0 Å². The molecule has 1 saturated heterocycles. The van der Waals surface area contributed by atoms with E-state index in [2.05, 4.69) is 65.7 Å². The molecule has 0 saturated carbocycles. The molecule has 4 rings (SSSR count). The minimum absolute atomic E-state index is 0.220. The Hall–Kier alpha value is -0.870. The highest BCUT2D eigenvalue weighted by Crippen LogP contribution is 2.48. The monoisotopic (exact) mass is 360 g/mol. The largest absolute Gasteiger partial charge is 0.299 e. The molecular formula is C20H25ClN2S. The Kier molecular flexibility index (Phi) is 4.24. The smallest absolute Gasteiger partial charge is 0.0409 e. The lowest BCUT2D eigenvalue weighted by Crippen LogP contribution is -2.58. The Morgan fingerprint density at radius 2 is 2.00 bits per heavy atom. The van der Waals surface area contributed by atoms with Gasteiger partial charge in [0.15, 0.2) is 0 Å². The number of rotatable bonds is 2. The van der Waals surface area contributed by atoms with Crippen molar-refractivity contribution in [1.82, 2.24) is 9.80 Å². The molecule has 1 aromatic carbocycles. The fourth-order valence-electron chi connectivity index (χ4n) is 4.31. The number of fused-ring (bicyclic) bond motifs is 1. The van der Waals surface area contributed by atoms with E-state index < -0.39 is 0 Å². The molecule has 0 spiro atoms. The summed E-state index contributed by atoms with van der Waals surface area (Å²) in [5, 5.41) is 5.36. The van der Waals surface area contributed by atoms with Gasteiger partial charge in [-0.05, 0) is 73.0 Å². The summed E-state index contributed by atoms with van der Waals surface area (Å²) in [4.78, 5) is 5.16. The van der Waals surface area contributed by atoms with Gasteiger partial charge in [-0.15, -0.1) is 0 Å². The molecule has 2 heterocycles. The van der Waals surface area contributed by atoms with Crippen LogP contribution in [0.4, 0.5) is 0 Å². The Morgan fingerprint density at radius 3 is 2.71 bits per heavy atom. The lowest BCUT2D eigenvalue weighted by Gasteiger charge is -2.47. The Bertz CT molecular complexity index is 725. The van der Waals surface area contributed by atoms with Crippen molar-refractivity contribution >= 4 is 22.9 Å². The van der Waals surface area contributed by atoms with Crippen LogP contribution in [0.5, 0.6) is 0 Å². The van der Waals surface area contributed by atoms with Gasteiger partial charge in [0.2, 0.25) is 0 Å². The first-order valence-electron chi connectivity index (χ1n) is 8.72. The van der Waals surface area contributed by atoms with Crippen molar-refractivity contribution in [3.63, 3.8) is 0 Å². The second-order valence-corrected chi connectivity index (χ2v) is 9.05. The van der Waals surface area contributed by atoms with Gasteiger partial charge in [-0.25, -0.2) is 0 Å². The van der Waals surface area contributed by atoms with Crippen LogP contribution in [-0.2, 0) is 0 Å². The highest BCUT2D eigenvalue weighted by molar-refractivity contribution is 7.08. The topological polar surface area (TPSA) is 6.48 Å². The average molecular weight is 361 g/mol. The van der Waals surface area contributed by atoms with Crippen LogP contribution < -0.4 is 0 Å². The van der Waals surface area contributed by atoms with E-state index in [1.807, 2.05) is 0 Å². The molecule has 0 N–H and O–H groups in total. The molecule has 0 radical (unpaired) electrons. The zero-order valence-electron chi connectivity index (χ0n) is 14.6. The summed E-state index contributed by atoms with van der Waals surface area (Å²) >= 11 is 8.15. The lowest BCUT2D eigenvalue weighted by molar-refractivity contribution is 0.0159. The fourth-order valence-corrected chi connectivity index (χ4v) is 5.20. The summed E-state index contributed by atoms with van der Waals surface area (Å²) in [6.45, 7) is 8.07. The van der Waals surface area contributed by atoms with E-state index in [1.165, 1.54) is 23.1 Å². The van der Waals surface area contributed by atoms with Crippen molar-refractivity contribution in [2.75, 3.05) is 26.7 Å². The third kappa shape index (κ3) is 2.82. The molecule has 1 aromatic heterocycles. The molecule has 1 aliphatic carbocycles. The SMILES string of the molecule is CN1CCN([C@@H]2C[C@@H](c3ccsc3)c3ccc(Cl)cc32)CC1(C)C. The maximum absolute atomic E-state index is 6.35. The van der Waals surface area contributed by atoms with Gasteiger partial charge in [-0.1, -0.05) is 17.7 Å². The molecule has 0 unspecified atom stereocenters. The van der Waals surface area contributed by atoms with E-state index in [0.717, 1.165) is 24.7 Å². The molecule has 128 valence electrons. The van der Waals surface area contributed by atoms with E-state index in [1.54, 1.807) is 11.3 Å². The molecular weight excluding hydrogens is 336 g/mol. The molecule has 2 aromatic rings. The van der Waals surface area contributed by atoms with Crippen LogP contribution in [0.2, 0.25) is 5.02 Å². The first kappa shape index (κ1) is 16.6. The van der Waals surface area contributed by atoms with Crippen LogP contribution in [0.1, 0.15) is 48.9 Å². The van der Waals surface area contributed by atoms with E-state index in [4.69, 9.17) is 11.6 Å². The van der Waals surface area contributed by atoms with Gasteiger partial charge in [-0.2, -0.15) is 11.3 Å². The predicted molar refractivity (Wildman–Crippen MR) is 103 cm³/mol. The molecule has 0 bridgehead atoms. The van der Waals surface area contributed by atoms with E-state index in [0.29, 0.717) is 12.0 Å². The Balaban J connectivity index is 1.69. The maximum atomic E-state index is 6.35. The number of piperazine rings is 1. The molecule has 1 aliphatic heterocycles. The molecule has 0 amide bonds. The summed E-state index contributed by atoms with van der Waals surface area (Å²) in [7, 11) is 2.24. The summed E-state index contributed by atoms with van der Waals surface area (Å²) in [5.74, 6) is 0.510. The summed E-state index contributed by atoms with van der Waals surface area (Å²) in [6.07, 6.45) is 1.17. The molecule has 4 heteroatoms. The van der Waals surface area contributed by atoms with Crippen molar-refractivity contribution in [2.45, 2.75) is 37.8 Å². The number of hydrogen-bond acceptors (Lipinski definition) is 3. The van der Waals surface area contributed by atoms with E-state index in [-0.39, 0.29) is 5.54 Å². The van der Waals surface area contributed by atoms with Gasteiger partial charge in [0.1, 0.15) is 0 Å². The van der Waals surface area contributed by atoms with Crippen LogP contribution in [0.25, 0.3) is 0 Å². The maximum Gasteiger partial charge on any atom is 0.0409 e. The summed E-state index contributed by atoms with van der Waals surface area (Å²) in [5.41, 5.74) is 4.59. The van der Waals surface area contributed by atoms with Crippen molar-refractivity contribution in [3.05, 3.63) is 56.7 Å². The third-order valence-electron chi connectivity index (χ3n) is 5.97. The molecule has 2 atom stereocenters. The number of thiophene rings is 1. The van der Waals surface area contributed by atoms with E-state index >= 15 is 0 Å². The third-order valence-corrected chi connectivity index (χ3v) is 6.91. The normalized spacial score (nSPS) is 27.3. The van der Waals surface area contributed by atoms with Gasteiger partial charge < -0.3 is 0 Å². The Labute approximate surface area is 154 Å². The van der Waals surface area contributed by atoms with Crippen LogP contribution in [0, 0.1) is 0 Å². The van der Waals surface area contributed by atoms with Crippen molar-refractivity contribution < 1.29 is 0 Å². The van der Waals surface area contributed by atoms with Gasteiger partial charge in [0.25, 0.3) is 0 Å². The number of benzene rings is 1.